The number of amides is 2. The van der Waals surface area contributed by atoms with Gasteiger partial charge in [0.25, 0.3) is 0 Å². The Kier molecular flexibility index (Phi) is 7.47. The lowest BCUT2D eigenvalue weighted by Gasteiger charge is -2.09. The Morgan fingerprint density at radius 1 is 1.04 bits per heavy atom. The van der Waals surface area contributed by atoms with Gasteiger partial charge in [0.2, 0.25) is 11.8 Å². The van der Waals surface area contributed by atoms with Crippen LogP contribution in [0, 0.1) is 0 Å². The summed E-state index contributed by atoms with van der Waals surface area (Å²) < 4.78 is 1.07. The number of benzene rings is 2. The molecule has 0 radical (unpaired) electrons. The highest BCUT2D eigenvalue weighted by Crippen LogP contribution is 2.25. The summed E-state index contributed by atoms with van der Waals surface area (Å²) in [4.78, 5) is 23.1. The molecular formula is C19H20BrClN2O2. The van der Waals surface area contributed by atoms with E-state index in [2.05, 4.69) is 38.7 Å². The molecule has 0 spiro atoms. The maximum atomic E-state index is 12.0. The SMILES string of the molecule is CC(=O)Nc1ccc(NC(=O)CCCCc2ccc(Br)cc2)cc1Cl. The molecule has 2 aromatic carbocycles. The number of aryl methyl sites for hydroxylation is 1. The van der Waals surface area contributed by atoms with E-state index < -0.39 is 0 Å². The van der Waals surface area contributed by atoms with Gasteiger partial charge >= 0.3 is 0 Å². The third-order valence-corrected chi connectivity index (χ3v) is 4.44. The van der Waals surface area contributed by atoms with E-state index in [1.54, 1.807) is 18.2 Å². The van der Waals surface area contributed by atoms with Crippen LogP contribution >= 0.6 is 27.5 Å². The first-order valence-corrected chi connectivity index (χ1v) is 9.22. The lowest BCUT2D eigenvalue weighted by molar-refractivity contribution is -0.116. The molecule has 0 bridgehead atoms. The number of hydrogen-bond donors (Lipinski definition) is 2. The Morgan fingerprint density at radius 3 is 2.40 bits per heavy atom. The van der Waals surface area contributed by atoms with Crippen LogP contribution in [0.4, 0.5) is 11.4 Å². The summed E-state index contributed by atoms with van der Waals surface area (Å²) in [6.07, 6.45) is 3.19. The Balaban J connectivity index is 1.75. The fourth-order valence-electron chi connectivity index (χ4n) is 2.37. The zero-order valence-electron chi connectivity index (χ0n) is 13.9. The summed E-state index contributed by atoms with van der Waals surface area (Å²) in [6.45, 7) is 1.42. The summed E-state index contributed by atoms with van der Waals surface area (Å²) in [6, 6.07) is 13.2. The van der Waals surface area contributed by atoms with E-state index in [0.29, 0.717) is 22.8 Å². The molecule has 0 fully saturated rings. The van der Waals surface area contributed by atoms with Crippen molar-refractivity contribution in [3.05, 3.63) is 57.5 Å². The number of carbonyl (C=O) groups is 2. The minimum absolute atomic E-state index is 0.0425. The third kappa shape index (κ3) is 6.88. The molecule has 2 amide bonds. The second-order valence-corrected chi connectivity index (χ2v) is 7.08. The molecule has 6 heteroatoms. The van der Waals surface area contributed by atoms with Crippen LogP contribution in [0.25, 0.3) is 0 Å². The van der Waals surface area contributed by atoms with Gasteiger partial charge in [0, 0.05) is 23.5 Å². The molecule has 2 N–H and O–H groups in total. The highest BCUT2D eigenvalue weighted by atomic mass is 79.9. The number of rotatable bonds is 7. The van der Waals surface area contributed by atoms with Crippen LogP contribution in [-0.2, 0) is 16.0 Å². The predicted molar refractivity (Wildman–Crippen MR) is 106 cm³/mol. The monoisotopic (exact) mass is 422 g/mol. The van der Waals surface area contributed by atoms with Crippen molar-refractivity contribution < 1.29 is 9.59 Å². The number of hydrogen-bond acceptors (Lipinski definition) is 2. The molecule has 0 aliphatic rings. The highest BCUT2D eigenvalue weighted by molar-refractivity contribution is 9.10. The van der Waals surface area contributed by atoms with Gasteiger partial charge in [-0.2, -0.15) is 0 Å². The first-order valence-electron chi connectivity index (χ1n) is 8.05. The second-order valence-electron chi connectivity index (χ2n) is 5.76. The van der Waals surface area contributed by atoms with Gasteiger partial charge in [-0.1, -0.05) is 39.7 Å². The van der Waals surface area contributed by atoms with Gasteiger partial charge in [0.05, 0.1) is 10.7 Å². The zero-order valence-corrected chi connectivity index (χ0v) is 16.3. The largest absolute Gasteiger partial charge is 0.326 e. The quantitative estimate of drug-likeness (QED) is 0.585. The minimum Gasteiger partial charge on any atom is -0.326 e. The number of unbranched alkanes of at least 4 members (excludes halogenated alkanes) is 1. The van der Waals surface area contributed by atoms with Crippen molar-refractivity contribution in [3.63, 3.8) is 0 Å². The second kappa shape index (κ2) is 9.59. The number of nitrogens with one attached hydrogen (secondary N) is 2. The normalized spacial score (nSPS) is 10.4. The lowest BCUT2D eigenvalue weighted by Crippen LogP contribution is -2.12. The number of halogens is 2. The van der Waals surface area contributed by atoms with Crippen LogP contribution in [0.2, 0.25) is 5.02 Å². The molecule has 25 heavy (non-hydrogen) atoms. The molecule has 0 saturated carbocycles. The van der Waals surface area contributed by atoms with Gasteiger partial charge in [0.15, 0.2) is 0 Å². The lowest BCUT2D eigenvalue weighted by atomic mass is 10.1. The molecular weight excluding hydrogens is 404 g/mol. The van der Waals surface area contributed by atoms with E-state index >= 15 is 0 Å². The van der Waals surface area contributed by atoms with Gasteiger partial charge < -0.3 is 10.6 Å². The van der Waals surface area contributed by atoms with Crippen molar-refractivity contribution in [1.82, 2.24) is 0 Å². The van der Waals surface area contributed by atoms with Crippen LogP contribution in [0.3, 0.4) is 0 Å². The molecule has 0 heterocycles. The zero-order chi connectivity index (χ0) is 18.2. The molecule has 0 aliphatic heterocycles. The van der Waals surface area contributed by atoms with E-state index in [1.165, 1.54) is 12.5 Å². The molecule has 0 aromatic heterocycles. The van der Waals surface area contributed by atoms with E-state index in [1.807, 2.05) is 12.1 Å². The maximum Gasteiger partial charge on any atom is 0.224 e. The smallest absolute Gasteiger partial charge is 0.224 e. The summed E-state index contributed by atoms with van der Waals surface area (Å²) >= 11 is 9.51. The summed E-state index contributed by atoms with van der Waals surface area (Å²) in [5.41, 5.74) is 2.42. The van der Waals surface area contributed by atoms with Gasteiger partial charge in [-0.3, -0.25) is 9.59 Å². The average Bonchev–Trinajstić information content (AvgIpc) is 2.55. The Labute approximate surface area is 161 Å². The Morgan fingerprint density at radius 2 is 1.76 bits per heavy atom. The summed E-state index contributed by atoms with van der Waals surface area (Å²) in [5.74, 6) is -0.233. The minimum atomic E-state index is -0.190. The van der Waals surface area contributed by atoms with Crippen LogP contribution < -0.4 is 10.6 Å². The summed E-state index contributed by atoms with van der Waals surface area (Å²) in [5, 5.41) is 5.85. The molecule has 0 aliphatic carbocycles. The highest BCUT2D eigenvalue weighted by Gasteiger charge is 2.06. The van der Waals surface area contributed by atoms with Crippen LogP contribution in [0.1, 0.15) is 31.7 Å². The fourth-order valence-corrected chi connectivity index (χ4v) is 2.87. The van der Waals surface area contributed by atoms with E-state index in [9.17, 15) is 9.59 Å². The maximum absolute atomic E-state index is 12.0. The van der Waals surface area contributed by atoms with E-state index in [-0.39, 0.29) is 11.8 Å². The standard InChI is InChI=1S/C19H20BrClN2O2/c1-13(24)22-18-11-10-16(12-17(18)21)23-19(25)5-3-2-4-14-6-8-15(20)9-7-14/h6-12H,2-5H2,1H3,(H,22,24)(H,23,25). The van der Waals surface area contributed by atoms with Crippen molar-refractivity contribution in [2.75, 3.05) is 10.6 Å². The first-order chi connectivity index (χ1) is 11.9. The molecule has 0 atom stereocenters. The Bertz CT molecular complexity index is 748. The van der Waals surface area contributed by atoms with Gasteiger partial charge in [0.1, 0.15) is 0 Å². The average molecular weight is 424 g/mol. The molecule has 132 valence electrons. The van der Waals surface area contributed by atoms with Crippen molar-refractivity contribution in [2.45, 2.75) is 32.6 Å². The number of carbonyl (C=O) groups excluding carboxylic acids is 2. The van der Waals surface area contributed by atoms with Crippen LogP contribution in [0.15, 0.2) is 46.9 Å². The van der Waals surface area contributed by atoms with Gasteiger partial charge in [-0.15, -0.1) is 0 Å². The molecule has 4 nitrogen and oxygen atoms in total. The van der Waals surface area contributed by atoms with Crippen molar-refractivity contribution in [3.8, 4) is 0 Å². The van der Waals surface area contributed by atoms with Crippen molar-refractivity contribution >= 4 is 50.7 Å². The summed E-state index contributed by atoms with van der Waals surface area (Å²) in [7, 11) is 0. The first kappa shape index (κ1) is 19.5. The van der Waals surface area contributed by atoms with E-state index in [4.69, 9.17) is 11.6 Å². The number of anilines is 2. The van der Waals surface area contributed by atoms with Crippen molar-refractivity contribution in [2.24, 2.45) is 0 Å². The topological polar surface area (TPSA) is 58.2 Å². The fraction of sp³-hybridized carbons (Fsp3) is 0.263. The predicted octanol–water partition coefficient (Wildman–Crippen LogP) is 5.41. The molecule has 0 unspecified atom stereocenters. The molecule has 2 rings (SSSR count). The van der Waals surface area contributed by atoms with Gasteiger partial charge in [-0.25, -0.2) is 0 Å². The van der Waals surface area contributed by atoms with Crippen molar-refractivity contribution in [1.29, 1.82) is 0 Å². The third-order valence-electron chi connectivity index (χ3n) is 3.60. The van der Waals surface area contributed by atoms with Crippen LogP contribution in [0.5, 0.6) is 0 Å². The Hall–Kier alpha value is -1.85. The van der Waals surface area contributed by atoms with E-state index in [0.717, 1.165) is 23.7 Å². The van der Waals surface area contributed by atoms with Gasteiger partial charge in [-0.05, 0) is 55.2 Å². The van der Waals surface area contributed by atoms with Crippen LogP contribution in [-0.4, -0.2) is 11.8 Å². The molecule has 0 saturated heterocycles. The molecule has 2 aromatic rings.